The number of nitrogens with one attached hydrogen (secondary N) is 2. The lowest BCUT2D eigenvalue weighted by Crippen LogP contribution is -2.45. The molecule has 2 amide bonds. The van der Waals surface area contributed by atoms with E-state index < -0.39 is 23.2 Å². The zero-order valence-electron chi connectivity index (χ0n) is 20.3. The van der Waals surface area contributed by atoms with Gasteiger partial charge in [0.05, 0.1) is 17.7 Å². The maximum Gasteiger partial charge on any atom is 0.416 e. The number of benzene rings is 2. The first kappa shape index (κ1) is 26.2. The van der Waals surface area contributed by atoms with Crippen LogP contribution in [-0.2, 0) is 16.6 Å². The molecule has 2 aromatic carbocycles. The van der Waals surface area contributed by atoms with Crippen LogP contribution in [-0.4, -0.2) is 53.5 Å². The molecule has 1 atom stereocenters. The van der Waals surface area contributed by atoms with E-state index in [1.165, 1.54) is 6.07 Å². The second kappa shape index (κ2) is 10.6. The van der Waals surface area contributed by atoms with Crippen molar-refractivity contribution >= 4 is 11.8 Å². The first-order valence-corrected chi connectivity index (χ1v) is 12.3. The Labute approximate surface area is 208 Å². The Kier molecular flexibility index (Phi) is 7.70. The van der Waals surface area contributed by atoms with Crippen LogP contribution in [0.2, 0.25) is 0 Å². The van der Waals surface area contributed by atoms with Gasteiger partial charge in [0, 0.05) is 30.7 Å². The highest BCUT2D eigenvalue weighted by molar-refractivity contribution is 5.96. The van der Waals surface area contributed by atoms with E-state index in [1.54, 1.807) is 0 Å². The van der Waals surface area contributed by atoms with E-state index >= 15 is 0 Å². The van der Waals surface area contributed by atoms with Crippen LogP contribution in [0.4, 0.5) is 13.2 Å². The smallest absolute Gasteiger partial charge is 0.385 e. The largest absolute Gasteiger partial charge is 0.416 e. The summed E-state index contributed by atoms with van der Waals surface area (Å²) < 4.78 is 38.6. The number of amides is 2. The molecule has 1 heterocycles. The molecule has 1 saturated heterocycles. The fourth-order valence-electron chi connectivity index (χ4n) is 5.21. The Hall–Kier alpha value is -2.91. The zero-order chi connectivity index (χ0) is 25.9. The molecule has 6 nitrogen and oxygen atoms in total. The lowest BCUT2D eigenvalue weighted by molar-refractivity contribution is -0.137. The summed E-state index contributed by atoms with van der Waals surface area (Å²) in [6, 6.07) is 12.4. The molecule has 1 aliphatic heterocycles. The van der Waals surface area contributed by atoms with Crippen molar-refractivity contribution in [3.05, 3.63) is 70.8 Å². The summed E-state index contributed by atoms with van der Waals surface area (Å²) in [4.78, 5) is 26.9. The third-order valence-corrected chi connectivity index (χ3v) is 7.33. The Bertz CT molecular complexity index is 1080. The summed E-state index contributed by atoms with van der Waals surface area (Å²) in [5.41, 5.74) is 0.273. The monoisotopic (exact) mass is 503 g/mol. The van der Waals surface area contributed by atoms with Crippen LogP contribution in [0.15, 0.2) is 48.5 Å². The first-order chi connectivity index (χ1) is 17.0. The molecule has 1 saturated carbocycles. The van der Waals surface area contributed by atoms with Crippen LogP contribution in [0.1, 0.15) is 59.2 Å². The summed E-state index contributed by atoms with van der Waals surface area (Å²) in [6.07, 6.45) is -0.631. The molecule has 2 fully saturated rings. The summed E-state index contributed by atoms with van der Waals surface area (Å²) in [5.74, 6) is -1.10. The highest BCUT2D eigenvalue weighted by Gasteiger charge is 2.38. The minimum Gasteiger partial charge on any atom is -0.385 e. The van der Waals surface area contributed by atoms with Gasteiger partial charge in [-0.2, -0.15) is 13.2 Å². The fraction of sp³-hybridized carbons (Fsp3) is 0.481. The third kappa shape index (κ3) is 6.25. The number of hydrogen-bond donors (Lipinski definition) is 3. The van der Waals surface area contributed by atoms with E-state index in [2.05, 4.69) is 15.5 Å². The molecule has 1 aliphatic carbocycles. The highest BCUT2D eigenvalue weighted by Crippen LogP contribution is 2.39. The van der Waals surface area contributed by atoms with Gasteiger partial charge in [0.15, 0.2) is 0 Å². The molecule has 0 radical (unpaired) electrons. The van der Waals surface area contributed by atoms with Gasteiger partial charge in [-0.05, 0) is 62.8 Å². The lowest BCUT2D eigenvalue weighted by atomic mass is 9.77. The number of hydrogen-bond acceptors (Lipinski definition) is 4. The fourth-order valence-corrected chi connectivity index (χ4v) is 5.21. The minimum absolute atomic E-state index is 0.0548. The second-order valence-electron chi connectivity index (χ2n) is 9.94. The average Bonchev–Trinajstić information content (AvgIpc) is 3.31. The number of aryl methyl sites for hydroxylation is 1. The maximum atomic E-state index is 12.9. The normalized spacial score (nSPS) is 24.9. The van der Waals surface area contributed by atoms with Gasteiger partial charge in [0.1, 0.15) is 0 Å². The van der Waals surface area contributed by atoms with Crippen LogP contribution < -0.4 is 10.6 Å². The average molecular weight is 504 g/mol. The Balaban J connectivity index is 1.21. The van der Waals surface area contributed by atoms with Crippen molar-refractivity contribution in [1.82, 2.24) is 15.5 Å². The van der Waals surface area contributed by atoms with Crippen LogP contribution in [0, 0.1) is 6.92 Å². The molecule has 4 rings (SSSR count). The Morgan fingerprint density at radius 3 is 2.44 bits per heavy atom. The molecule has 3 N–H and O–H groups in total. The molecule has 194 valence electrons. The van der Waals surface area contributed by atoms with Crippen LogP contribution in [0.3, 0.4) is 0 Å². The van der Waals surface area contributed by atoms with Crippen molar-refractivity contribution in [2.45, 2.75) is 62.9 Å². The topological polar surface area (TPSA) is 81.7 Å². The van der Waals surface area contributed by atoms with Crippen molar-refractivity contribution in [2.75, 3.05) is 19.6 Å². The summed E-state index contributed by atoms with van der Waals surface area (Å²) in [5, 5.41) is 16.4. The number of rotatable bonds is 6. The van der Waals surface area contributed by atoms with Gasteiger partial charge < -0.3 is 15.7 Å². The summed E-state index contributed by atoms with van der Waals surface area (Å²) >= 11 is 0. The lowest BCUT2D eigenvalue weighted by Gasteiger charge is -2.40. The number of nitrogens with zero attached hydrogens (tertiary/aromatic N) is 1. The quantitative estimate of drug-likeness (QED) is 0.561. The number of aliphatic hydroxyl groups is 1. The number of halogens is 3. The van der Waals surface area contributed by atoms with Crippen molar-refractivity contribution < 1.29 is 27.9 Å². The number of carbonyl (C=O) groups excluding carboxylic acids is 2. The Morgan fingerprint density at radius 1 is 1.08 bits per heavy atom. The van der Waals surface area contributed by atoms with Crippen molar-refractivity contribution in [3.63, 3.8) is 0 Å². The number of alkyl halides is 3. The van der Waals surface area contributed by atoms with E-state index in [4.69, 9.17) is 0 Å². The minimum atomic E-state index is -4.54. The maximum absolute atomic E-state index is 12.9. The first-order valence-electron chi connectivity index (χ1n) is 12.3. The van der Waals surface area contributed by atoms with Gasteiger partial charge in [0.2, 0.25) is 5.91 Å². The molecule has 36 heavy (non-hydrogen) atoms. The van der Waals surface area contributed by atoms with Gasteiger partial charge in [-0.3, -0.25) is 14.5 Å². The Morgan fingerprint density at radius 2 is 1.78 bits per heavy atom. The van der Waals surface area contributed by atoms with E-state index in [1.807, 2.05) is 31.2 Å². The molecule has 0 bridgehead atoms. The second-order valence-corrected chi connectivity index (χ2v) is 9.94. The van der Waals surface area contributed by atoms with Gasteiger partial charge >= 0.3 is 6.18 Å². The van der Waals surface area contributed by atoms with Gasteiger partial charge in [-0.25, -0.2) is 0 Å². The zero-order valence-corrected chi connectivity index (χ0v) is 20.3. The number of carbonyl (C=O) groups is 2. The number of likely N-dealkylation sites (tertiary alicyclic amines) is 1. The van der Waals surface area contributed by atoms with E-state index in [0.717, 1.165) is 55.1 Å². The van der Waals surface area contributed by atoms with Crippen LogP contribution >= 0.6 is 0 Å². The van der Waals surface area contributed by atoms with Gasteiger partial charge in [0.25, 0.3) is 5.91 Å². The predicted molar refractivity (Wildman–Crippen MR) is 129 cm³/mol. The summed E-state index contributed by atoms with van der Waals surface area (Å²) in [6.45, 7) is 3.26. The molecule has 0 spiro atoms. The van der Waals surface area contributed by atoms with Crippen molar-refractivity contribution in [3.8, 4) is 0 Å². The van der Waals surface area contributed by atoms with Crippen LogP contribution in [0.5, 0.6) is 0 Å². The van der Waals surface area contributed by atoms with E-state index in [9.17, 15) is 27.9 Å². The SMILES string of the molecule is Cc1ccc(C2(O)CCC(N3CCC(NC(=O)CNC(=O)c4cccc(C(F)(F)F)c4)C3)CC2)cc1. The molecular weight excluding hydrogens is 471 g/mol. The highest BCUT2D eigenvalue weighted by atomic mass is 19.4. The third-order valence-electron chi connectivity index (χ3n) is 7.33. The summed E-state index contributed by atoms with van der Waals surface area (Å²) in [7, 11) is 0. The molecular formula is C27H32F3N3O3. The van der Waals surface area contributed by atoms with E-state index in [-0.39, 0.29) is 24.1 Å². The molecule has 2 aliphatic rings. The van der Waals surface area contributed by atoms with E-state index in [0.29, 0.717) is 25.4 Å². The molecule has 9 heteroatoms. The van der Waals surface area contributed by atoms with Crippen LogP contribution in [0.25, 0.3) is 0 Å². The van der Waals surface area contributed by atoms with Gasteiger partial charge in [-0.15, -0.1) is 0 Å². The standard InChI is InChI=1S/C27H32F3N3O3/c1-18-5-7-20(8-6-18)26(36)12-9-23(10-13-26)33-14-11-22(17-33)32-24(34)16-31-25(35)19-3-2-4-21(15-19)27(28,29)30/h2-8,15,22-23,36H,9-14,16-17H2,1H3,(H,31,35)(H,32,34). The predicted octanol–water partition coefficient (Wildman–Crippen LogP) is 3.76. The van der Waals surface area contributed by atoms with Crippen molar-refractivity contribution in [1.29, 1.82) is 0 Å². The molecule has 2 aromatic rings. The molecule has 0 aromatic heterocycles. The van der Waals surface area contributed by atoms with Crippen molar-refractivity contribution in [2.24, 2.45) is 0 Å². The van der Waals surface area contributed by atoms with Gasteiger partial charge in [-0.1, -0.05) is 35.9 Å². The molecule has 1 unspecified atom stereocenters.